The molecule has 114 valence electrons. The summed E-state index contributed by atoms with van der Waals surface area (Å²) in [6.07, 6.45) is 3.98. The van der Waals surface area contributed by atoms with Gasteiger partial charge in [0.25, 0.3) is 11.6 Å². The van der Waals surface area contributed by atoms with E-state index in [9.17, 15) is 14.9 Å². The molecule has 0 radical (unpaired) electrons. The molecule has 1 aliphatic carbocycles. The standard InChI is InChI=1S/C15H19ClN2O3/c1-15(2)7-3-4-11(9-15)17-14(19)12-8-10(16)5-6-13(12)18(20)21/h5-6,8,11H,3-4,7,9H2,1-2H3,(H,17,19). The van der Waals surface area contributed by atoms with Crippen LogP contribution < -0.4 is 5.32 Å². The summed E-state index contributed by atoms with van der Waals surface area (Å²) in [6, 6.07) is 4.09. The van der Waals surface area contributed by atoms with Crippen molar-refractivity contribution in [1.82, 2.24) is 5.32 Å². The van der Waals surface area contributed by atoms with Gasteiger partial charge >= 0.3 is 0 Å². The summed E-state index contributed by atoms with van der Waals surface area (Å²) in [7, 11) is 0. The molecule has 0 bridgehead atoms. The van der Waals surface area contributed by atoms with E-state index in [0.717, 1.165) is 25.7 Å². The molecule has 1 amide bonds. The number of halogens is 1. The van der Waals surface area contributed by atoms with E-state index in [1.54, 1.807) is 0 Å². The minimum atomic E-state index is -0.559. The Labute approximate surface area is 128 Å². The van der Waals surface area contributed by atoms with E-state index in [4.69, 9.17) is 11.6 Å². The highest BCUT2D eigenvalue weighted by Crippen LogP contribution is 2.35. The Morgan fingerprint density at radius 2 is 2.19 bits per heavy atom. The van der Waals surface area contributed by atoms with Gasteiger partial charge in [-0.25, -0.2) is 0 Å². The number of nitro groups is 1. The summed E-state index contributed by atoms with van der Waals surface area (Å²) in [5, 5.41) is 14.2. The maximum Gasteiger partial charge on any atom is 0.282 e. The topological polar surface area (TPSA) is 72.2 Å². The van der Waals surface area contributed by atoms with Gasteiger partial charge in [0, 0.05) is 17.1 Å². The van der Waals surface area contributed by atoms with Crippen molar-refractivity contribution in [3.8, 4) is 0 Å². The third-order valence-corrected chi connectivity index (χ3v) is 4.18. The van der Waals surface area contributed by atoms with Crippen molar-refractivity contribution in [2.45, 2.75) is 45.6 Å². The molecule has 0 aliphatic heterocycles. The predicted molar refractivity (Wildman–Crippen MR) is 81.6 cm³/mol. The van der Waals surface area contributed by atoms with Crippen molar-refractivity contribution in [3.63, 3.8) is 0 Å². The molecule has 2 rings (SSSR count). The molecule has 0 aromatic heterocycles. The number of rotatable bonds is 3. The van der Waals surface area contributed by atoms with E-state index in [1.165, 1.54) is 18.2 Å². The van der Waals surface area contributed by atoms with Gasteiger partial charge < -0.3 is 5.32 Å². The Hall–Kier alpha value is -1.62. The second kappa shape index (κ2) is 6.02. The fourth-order valence-corrected chi connectivity index (χ4v) is 3.11. The molecule has 1 N–H and O–H groups in total. The van der Waals surface area contributed by atoms with E-state index in [2.05, 4.69) is 19.2 Å². The zero-order chi connectivity index (χ0) is 15.6. The number of hydrogen-bond donors (Lipinski definition) is 1. The largest absolute Gasteiger partial charge is 0.349 e. The maximum absolute atomic E-state index is 12.3. The Kier molecular flexibility index (Phi) is 4.52. The van der Waals surface area contributed by atoms with Gasteiger partial charge in [-0.15, -0.1) is 0 Å². The Morgan fingerprint density at radius 1 is 1.48 bits per heavy atom. The van der Waals surface area contributed by atoms with Crippen LogP contribution in [0.25, 0.3) is 0 Å². The lowest BCUT2D eigenvalue weighted by Crippen LogP contribution is -2.40. The van der Waals surface area contributed by atoms with Gasteiger partial charge in [-0.05, 0) is 36.8 Å². The second-order valence-corrected chi connectivity index (χ2v) is 6.79. The highest BCUT2D eigenvalue weighted by atomic mass is 35.5. The van der Waals surface area contributed by atoms with Gasteiger partial charge in [0.1, 0.15) is 5.56 Å². The number of carbonyl (C=O) groups is 1. The number of nitrogens with one attached hydrogen (secondary N) is 1. The van der Waals surface area contributed by atoms with Crippen LogP contribution in [0.5, 0.6) is 0 Å². The van der Waals surface area contributed by atoms with Gasteiger partial charge in [-0.2, -0.15) is 0 Å². The fraction of sp³-hybridized carbons (Fsp3) is 0.533. The van der Waals surface area contributed by atoms with Crippen molar-refractivity contribution >= 4 is 23.2 Å². The van der Waals surface area contributed by atoms with Crippen LogP contribution in [0.15, 0.2) is 18.2 Å². The molecule has 6 heteroatoms. The summed E-state index contributed by atoms with van der Waals surface area (Å²) in [4.78, 5) is 22.8. The summed E-state index contributed by atoms with van der Waals surface area (Å²) in [5.41, 5.74) is -0.000871. The van der Waals surface area contributed by atoms with E-state index < -0.39 is 10.8 Å². The Balaban J connectivity index is 2.17. The number of amides is 1. The minimum absolute atomic E-state index is 0.0240. The first-order valence-corrected chi connectivity index (χ1v) is 7.41. The molecule has 21 heavy (non-hydrogen) atoms. The van der Waals surface area contributed by atoms with Crippen LogP contribution in [0.3, 0.4) is 0 Å². The molecule has 1 aliphatic rings. The van der Waals surface area contributed by atoms with Crippen LogP contribution in [0.1, 0.15) is 49.9 Å². The van der Waals surface area contributed by atoms with E-state index >= 15 is 0 Å². The lowest BCUT2D eigenvalue weighted by atomic mass is 9.75. The van der Waals surface area contributed by atoms with Crippen molar-refractivity contribution < 1.29 is 9.72 Å². The predicted octanol–water partition coefficient (Wildman–Crippen LogP) is 3.95. The van der Waals surface area contributed by atoms with Gasteiger partial charge in [0.2, 0.25) is 0 Å². The Morgan fingerprint density at radius 3 is 2.81 bits per heavy atom. The van der Waals surface area contributed by atoms with Crippen LogP contribution in [0.4, 0.5) is 5.69 Å². The first-order chi connectivity index (χ1) is 9.78. The monoisotopic (exact) mass is 310 g/mol. The number of carbonyl (C=O) groups excluding carboxylic acids is 1. The fourth-order valence-electron chi connectivity index (χ4n) is 2.93. The van der Waals surface area contributed by atoms with Gasteiger partial charge in [0.15, 0.2) is 0 Å². The molecule has 1 unspecified atom stereocenters. The number of nitro benzene ring substituents is 1. The van der Waals surface area contributed by atoms with Gasteiger partial charge in [-0.3, -0.25) is 14.9 Å². The van der Waals surface area contributed by atoms with Crippen molar-refractivity contribution in [3.05, 3.63) is 38.9 Å². The summed E-state index contributed by atoms with van der Waals surface area (Å²) < 4.78 is 0. The van der Waals surface area contributed by atoms with Crippen LogP contribution in [-0.2, 0) is 0 Å². The van der Waals surface area contributed by atoms with E-state index in [-0.39, 0.29) is 22.7 Å². The average Bonchev–Trinajstić information content (AvgIpc) is 2.36. The molecular formula is C15H19ClN2O3. The molecule has 1 atom stereocenters. The molecule has 0 heterocycles. The highest BCUT2D eigenvalue weighted by molar-refractivity contribution is 6.31. The first kappa shape index (κ1) is 15.8. The third-order valence-electron chi connectivity index (χ3n) is 3.94. The van der Waals surface area contributed by atoms with Crippen molar-refractivity contribution in [2.24, 2.45) is 5.41 Å². The van der Waals surface area contributed by atoms with Crippen molar-refractivity contribution in [2.75, 3.05) is 0 Å². The number of hydrogen-bond acceptors (Lipinski definition) is 3. The van der Waals surface area contributed by atoms with Crippen LogP contribution in [0, 0.1) is 15.5 Å². The molecule has 0 spiro atoms. The molecule has 0 saturated heterocycles. The third kappa shape index (κ3) is 3.94. The minimum Gasteiger partial charge on any atom is -0.349 e. The smallest absolute Gasteiger partial charge is 0.282 e. The molecule has 1 aromatic rings. The van der Waals surface area contributed by atoms with Crippen LogP contribution >= 0.6 is 11.6 Å². The first-order valence-electron chi connectivity index (χ1n) is 7.03. The van der Waals surface area contributed by atoms with Crippen molar-refractivity contribution in [1.29, 1.82) is 0 Å². The molecule has 5 nitrogen and oxygen atoms in total. The lowest BCUT2D eigenvalue weighted by molar-refractivity contribution is -0.385. The zero-order valence-corrected chi connectivity index (χ0v) is 12.9. The quantitative estimate of drug-likeness (QED) is 0.678. The van der Waals surface area contributed by atoms with Crippen LogP contribution in [0.2, 0.25) is 5.02 Å². The molecule has 1 saturated carbocycles. The summed E-state index contributed by atoms with van der Waals surface area (Å²) >= 11 is 5.85. The number of nitrogens with zero attached hydrogens (tertiary/aromatic N) is 1. The molecular weight excluding hydrogens is 292 g/mol. The summed E-state index contributed by atoms with van der Waals surface area (Å²) in [5.74, 6) is -0.424. The van der Waals surface area contributed by atoms with Crippen LogP contribution in [-0.4, -0.2) is 16.9 Å². The normalized spacial score (nSPS) is 20.8. The second-order valence-electron chi connectivity index (χ2n) is 6.35. The molecule has 1 aromatic carbocycles. The van der Waals surface area contributed by atoms with Gasteiger partial charge in [-0.1, -0.05) is 31.9 Å². The SMILES string of the molecule is CC1(C)CCCC(NC(=O)c2cc(Cl)ccc2[N+](=O)[O-])C1. The van der Waals surface area contributed by atoms with Gasteiger partial charge in [0.05, 0.1) is 4.92 Å². The Bertz CT molecular complexity index is 572. The summed E-state index contributed by atoms with van der Waals surface area (Å²) in [6.45, 7) is 4.35. The zero-order valence-electron chi connectivity index (χ0n) is 12.2. The lowest BCUT2D eigenvalue weighted by Gasteiger charge is -2.35. The average molecular weight is 311 g/mol. The highest BCUT2D eigenvalue weighted by Gasteiger charge is 2.30. The number of benzene rings is 1. The van der Waals surface area contributed by atoms with E-state index in [1.807, 2.05) is 0 Å². The maximum atomic E-state index is 12.3. The van der Waals surface area contributed by atoms with E-state index in [0.29, 0.717) is 5.02 Å². The molecule has 1 fully saturated rings.